The van der Waals surface area contributed by atoms with Crippen LogP contribution in [0.1, 0.15) is 5.56 Å². The van der Waals surface area contributed by atoms with Crippen LogP contribution in [0.4, 0.5) is 5.82 Å². The van der Waals surface area contributed by atoms with Crippen LogP contribution < -0.4 is 10.6 Å². The molecule has 0 saturated heterocycles. The quantitative estimate of drug-likeness (QED) is 0.439. The Bertz CT molecular complexity index is 1120. The van der Waals surface area contributed by atoms with Crippen LogP contribution in [-0.4, -0.2) is 35.3 Å². The van der Waals surface area contributed by atoms with Crippen LogP contribution in [0.15, 0.2) is 72.9 Å². The van der Waals surface area contributed by atoms with E-state index < -0.39 is 0 Å². The van der Waals surface area contributed by atoms with E-state index >= 15 is 0 Å². The van der Waals surface area contributed by atoms with Crippen molar-refractivity contribution in [1.82, 2.24) is 9.97 Å². The van der Waals surface area contributed by atoms with Gasteiger partial charge in [0, 0.05) is 42.8 Å². The molecule has 2 aromatic heterocycles. The summed E-state index contributed by atoms with van der Waals surface area (Å²) in [4.78, 5) is 11.5. The zero-order valence-electron chi connectivity index (χ0n) is 17.2. The first-order valence-electron chi connectivity index (χ1n) is 9.68. The number of hydrogen-bond donors (Lipinski definition) is 2. The van der Waals surface area contributed by atoms with Gasteiger partial charge < -0.3 is 15.7 Å². The van der Waals surface area contributed by atoms with E-state index in [0.717, 1.165) is 44.7 Å². The number of fused-ring (bicyclic) bond motifs is 1. The van der Waals surface area contributed by atoms with E-state index in [4.69, 9.17) is 10.7 Å². The molecular formula is C24H26Cl2N4O. The number of anilines is 1. The Balaban J connectivity index is 0.00000171. The first-order valence-corrected chi connectivity index (χ1v) is 9.68. The smallest absolute Gasteiger partial charge is 0.137 e. The van der Waals surface area contributed by atoms with E-state index in [0.29, 0.717) is 13.1 Å². The van der Waals surface area contributed by atoms with Crippen molar-refractivity contribution in [3.63, 3.8) is 0 Å². The minimum atomic E-state index is 0. The Morgan fingerprint density at radius 3 is 2.29 bits per heavy atom. The van der Waals surface area contributed by atoms with Crippen LogP contribution in [0.2, 0.25) is 0 Å². The van der Waals surface area contributed by atoms with Gasteiger partial charge in [-0.1, -0.05) is 54.6 Å². The second-order valence-corrected chi connectivity index (χ2v) is 7.00. The van der Waals surface area contributed by atoms with E-state index in [2.05, 4.69) is 35.3 Å². The molecule has 5 nitrogen and oxygen atoms in total. The van der Waals surface area contributed by atoms with Crippen LogP contribution >= 0.6 is 24.8 Å². The lowest BCUT2D eigenvalue weighted by molar-refractivity contribution is 0.304. The third kappa shape index (κ3) is 5.14. The molecule has 0 aliphatic rings. The highest BCUT2D eigenvalue weighted by atomic mass is 35.5. The molecule has 162 valence electrons. The zero-order valence-corrected chi connectivity index (χ0v) is 18.9. The molecule has 0 spiro atoms. The van der Waals surface area contributed by atoms with Crippen molar-refractivity contribution in [2.45, 2.75) is 6.54 Å². The lowest BCUT2D eigenvalue weighted by Crippen LogP contribution is -2.22. The number of hydrogen-bond acceptors (Lipinski definition) is 5. The number of nitrogens with zero attached hydrogens (tertiary/aromatic N) is 3. The minimum absolute atomic E-state index is 0. The molecule has 7 heteroatoms. The number of nitrogens with two attached hydrogens (primary N) is 1. The number of aliphatic hydroxyl groups excluding tert-OH is 1. The van der Waals surface area contributed by atoms with Gasteiger partial charge in [-0.3, -0.25) is 0 Å². The summed E-state index contributed by atoms with van der Waals surface area (Å²) in [5.74, 6) is 0.811. The molecule has 0 aliphatic carbocycles. The van der Waals surface area contributed by atoms with E-state index in [1.54, 1.807) is 6.20 Å². The Hall–Kier alpha value is -2.70. The first kappa shape index (κ1) is 24.6. The summed E-state index contributed by atoms with van der Waals surface area (Å²) in [7, 11) is 1.93. The van der Waals surface area contributed by atoms with Gasteiger partial charge in [0.2, 0.25) is 0 Å². The predicted octanol–water partition coefficient (Wildman–Crippen LogP) is 4.69. The molecule has 0 amide bonds. The molecule has 0 aliphatic heterocycles. The van der Waals surface area contributed by atoms with Crippen molar-refractivity contribution in [3.8, 4) is 22.4 Å². The van der Waals surface area contributed by atoms with Crippen LogP contribution in [0.25, 0.3) is 33.3 Å². The number of benzene rings is 2. The third-order valence-electron chi connectivity index (χ3n) is 5.07. The highest BCUT2D eigenvalue weighted by Crippen LogP contribution is 2.35. The van der Waals surface area contributed by atoms with Gasteiger partial charge >= 0.3 is 0 Å². The molecule has 3 N–H and O–H groups in total. The van der Waals surface area contributed by atoms with Crippen LogP contribution in [-0.2, 0) is 6.54 Å². The lowest BCUT2D eigenvalue weighted by Gasteiger charge is -2.20. The summed E-state index contributed by atoms with van der Waals surface area (Å²) in [6, 6.07) is 22.6. The molecule has 2 heterocycles. The van der Waals surface area contributed by atoms with Gasteiger partial charge in [-0.25, -0.2) is 9.97 Å². The van der Waals surface area contributed by atoms with Crippen LogP contribution in [0.5, 0.6) is 0 Å². The molecule has 4 aromatic rings. The van der Waals surface area contributed by atoms with Crippen molar-refractivity contribution in [2.24, 2.45) is 5.73 Å². The summed E-state index contributed by atoms with van der Waals surface area (Å²) in [5.41, 5.74) is 11.8. The highest BCUT2D eigenvalue weighted by Gasteiger charge is 2.15. The molecule has 0 saturated carbocycles. The van der Waals surface area contributed by atoms with Gasteiger partial charge in [0.05, 0.1) is 17.8 Å². The van der Waals surface area contributed by atoms with Gasteiger partial charge in [0.1, 0.15) is 5.82 Å². The van der Waals surface area contributed by atoms with Gasteiger partial charge in [-0.05, 0) is 23.3 Å². The summed E-state index contributed by atoms with van der Waals surface area (Å²) >= 11 is 0. The van der Waals surface area contributed by atoms with E-state index in [1.807, 2.05) is 48.3 Å². The Morgan fingerprint density at radius 2 is 1.65 bits per heavy atom. The largest absolute Gasteiger partial charge is 0.395 e. The van der Waals surface area contributed by atoms with Crippen LogP contribution in [0, 0.1) is 0 Å². The van der Waals surface area contributed by atoms with Crippen molar-refractivity contribution < 1.29 is 5.11 Å². The molecule has 2 aromatic carbocycles. The van der Waals surface area contributed by atoms with Crippen LogP contribution in [0.3, 0.4) is 0 Å². The SMILES string of the molecule is CN(CCO)c1nccc2nc(-c3ccc(CN)cc3)c(-c3ccccc3)cc12.Cl.Cl. The van der Waals surface area contributed by atoms with Crippen molar-refractivity contribution >= 4 is 41.5 Å². The average molecular weight is 457 g/mol. The monoisotopic (exact) mass is 456 g/mol. The summed E-state index contributed by atoms with van der Waals surface area (Å²) in [5, 5.41) is 10.3. The topological polar surface area (TPSA) is 75.3 Å². The molecule has 0 radical (unpaired) electrons. The second kappa shape index (κ2) is 11.1. The van der Waals surface area contributed by atoms with E-state index in [9.17, 15) is 5.11 Å². The van der Waals surface area contributed by atoms with Crippen molar-refractivity contribution in [2.75, 3.05) is 25.1 Å². The maximum absolute atomic E-state index is 9.34. The normalized spacial score (nSPS) is 10.3. The first-order chi connectivity index (χ1) is 14.2. The molecule has 0 bridgehead atoms. The second-order valence-electron chi connectivity index (χ2n) is 7.00. The summed E-state index contributed by atoms with van der Waals surface area (Å²) in [6.45, 7) is 1.09. The summed E-state index contributed by atoms with van der Waals surface area (Å²) < 4.78 is 0. The zero-order chi connectivity index (χ0) is 20.2. The van der Waals surface area contributed by atoms with Gasteiger partial charge in [-0.2, -0.15) is 0 Å². The predicted molar refractivity (Wildman–Crippen MR) is 133 cm³/mol. The maximum Gasteiger partial charge on any atom is 0.137 e. The van der Waals surface area contributed by atoms with Crippen molar-refractivity contribution in [3.05, 3.63) is 78.5 Å². The Kier molecular flexibility index (Phi) is 8.77. The van der Waals surface area contributed by atoms with Crippen molar-refractivity contribution in [1.29, 1.82) is 0 Å². The molecule has 0 fully saturated rings. The fourth-order valence-electron chi connectivity index (χ4n) is 3.50. The fourth-order valence-corrected chi connectivity index (χ4v) is 3.50. The van der Waals surface area contributed by atoms with Gasteiger partial charge in [0.25, 0.3) is 0 Å². The van der Waals surface area contributed by atoms with E-state index in [-0.39, 0.29) is 31.4 Å². The number of pyridine rings is 2. The molecule has 31 heavy (non-hydrogen) atoms. The molecular weight excluding hydrogens is 431 g/mol. The molecule has 0 atom stereocenters. The maximum atomic E-state index is 9.34. The number of rotatable bonds is 6. The minimum Gasteiger partial charge on any atom is -0.395 e. The third-order valence-corrected chi connectivity index (χ3v) is 5.07. The number of aliphatic hydroxyl groups is 1. The molecule has 0 unspecified atom stereocenters. The number of aromatic nitrogens is 2. The van der Waals surface area contributed by atoms with E-state index in [1.165, 1.54) is 0 Å². The average Bonchev–Trinajstić information content (AvgIpc) is 2.78. The van der Waals surface area contributed by atoms with Gasteiger partial charge in [0.15, 0.2) is 0 Å². The number of likely N-dealkylation sites (N-methyl/N-ethyl adjacent to an activating group) is 1. The number of halogens is 2. The Morgan fingerprint density at radius 1 is 0.935 bits per heavy atom. The summed E-state index contributed by atoms with van der Waals surface area (Å²) in [6.07, 6.45) is 1.77. The standard InChI is InChI=1S/C24H24N4O.2ClH/c1-28(13-14-29)24-21-15-20(18-5-3-2-4-6-18)23(27-22(21)11-12-26-24)19-9-7-17(16-25)8-10-19;;/h2-12,15,29H,13-14,16,25H2,1H3;2*1H. The molecule has 4 rings (SSSR count). The fraction of sp³-hybridized carbons (Fsp3) is 0.167. The lowest BCUT2D eigenvalue weighted by atomic mass is 9.97. The highest BCUT2D eigenvalue weighted by molar-refractivity contribution is 5.97. The van der Waals surface area contributed by atoms with Gasteiger partial charge in [-0.15, -0.1) is 24.8 Å². The Labute approximate surface area is 194 Å².